The van der Waals surface area contributed by atoms with Gasteiger partial charge in [-0.1, -0.05) is 11.8 Å². The molecule has 1 rings (SSSR count). The highest BCUT2D eigenvalue weighted by molar-refractivity contribution is 7.99. The first-order valence-electron chi connectivity index (χ1n) is 3.94. The van der Waals surface area contributed by atoms with Crippen molar-refractivity contribution < 1.29 is 4.79 Å². The van der Waals surface area contributed by atoms with Crippen molar-refractivity contribution in [2.24, 2.45) is 5.73 Å². The summed E-state index contributed by atoms with van der Waals surface area (Å²) in [5.74, 6) is -0.0263. The summed E-state index contributed by atoms with van der Waals surface area (Å²) in [5, 5.41) is 0.858. The molecule has 70 valence electrons. The van der Waals surface area contributed by atoms with Gasteiger partial charge in [-0.3, -0.25) is 4.79 Å². The van der Waals surface area contributed by atoms with E-state index in [2.05, 4.69) is 4.98 Å². The van der Waals surface area contributed by atoms with Crippen molar-refractivity contribution in [3.8, 4) is 0 Å². The molecule has 0 aliphatic rings. The Balaban J connectivity index is 2.71. The van der Waals surface area contributed by atoms with E-state index in [1.54, 1.807) is 0 Å². The predicted octanol–water partition coefficient (Wildman–Crippen LogP) is 1.28. The van der Waals surface area contributed by atoms with E-state index in [1.807, 2.05) is 26.0 Å². The standard InChI is InChI=1S/C9H12N2OS/c1-6-3-7(2)11-9(4-6)13-5-8(10)12/h3-4H,5H2,1-2H3,(H2,10,12). The lowest BCUT2D eigenvalue weighted by atomic mass is 10.3. The molecule has 13 heavy (non-hydrogen) atoms. The van der Waals surface area contributed by atoms with Crippen LogP contribution in [0.25, 0.3) is 0 Å². The molecule has 0 saturated carbocycles. The number of amides is 1. The molecular formula is C9H12N2OS. The van der Waals surface area contributed by atoms with Crippen LogP contribution >= 0.6 is 11.8 Å². The van der Waals surface area contributed by atoms with Gasteiger partial charge in [0.05, 0.1) is 10.8 Å². The summed E-state index contributed by atoms with van der Waals surface area (Å²) < 4.78 is 0. The summed E-state index contributed by atoms with van der Waals surface area (Å²) in [4.78, 5) is 14.8. The largest absolute Gasteiger partial charge is 0.369 e. The lowest BCUT2D eigenvalue weighted by Gasteiger charge is -2.01. The Hall–Kier alpha value is -1.03. The third-order valence-corrected chi connectivity index (χ3v) is 2.37. The minimum Gasteiger partial charge on any atom is -0.369 e. The molecule has 1 aromatic heterocycles. The monoisotopic (exact) mass is 196 g/mol. The molecule has 0 fully saturated rings. The summed E-state index contributed by atoms with van der Waals surface area (Å²) in [7, 11) is 0. The van der Waals surface area contributed by atoms with Crippen molar-refractivity contribution in [1.29, 1.82) is 0 Å². The van der Waals surface area contributed by atoms with Crippen molar-refractivity contribution in [1.82, 2.24) is 4.98 Å². The zero-order valence-corrected chi connectivity index (χ0v) is 8.52. The third kappa shape index (κ3) is 3.46. The van der Waals surface area contributed by atoms with Crippen LogP contribution in [0.3, 0.4) is 0 Å². The molecule has 0 unspecified atom stereocenters. The molecule has 0 spiro atoms. The summed E-state index contributed by atoms with van der Waals surface area (Å²) in [6, 6.07) is 3.94. The maximum Gasteiger partial charge on any atom is 0.227 e. The molecular weight excluding hydrogens is 184 g/mol. The Morgan fingerprint density at radius 1 is 1.54 bits per heavy atom. The average Bonchev–Trinajstić information content (AvgIpc) is 1.99. The fourth-order valence-electron chi connectivity index (χ4n) is 1.02. The van der Waals surface area contributed by atoms with E-state index in [4.69, 9.17) is 5.73 Å². The van der Waals surface area contributed by atoms with E-state index in [0.29, 0.717) is 0 Å². The number of carbonyl (C=O) groups is 1. The van der Waals surface area contributed by atoms with Crippen LogP contribution in [0.1, 0.15) is 11.3 Å². The maximum atomic E-state index is 10.5. The molecule has 0 aromatic carbocycles. The van der Waals surface area contributed by atoms with Gasteiger partial charge in [-0.15, -0.1) is 0 Å². The number of nitrogens with zero attached hydrogens (tertiary/aromatic N) is 1. The Morgan fingerprint density at radius 3 is 2.77 bits per heavy atom. The Morgan fingerprint density at radius 2 is 2.23 bits per heavy atom. The fourth-order valence-corrected chi connectivity index (χ4v) is 1.79. The van der Waals surface area contributed by atoms with Crippen LogP contribution < -0.4 is 5.73 Å². The molecule has 3 nitrogen and oxygen atoms in total. The van der Waals surface area contributed by atoms with Crippen LogP contribution in [0.2, 0.25) is 0 Å². The quantitative estimate of drug-likeness (QED) is 0.741. The summed E-state index contributed by atoms with van der Waals surface area (Å²) in [6.07, 6.45) is 0. The summed E-state index contributed by atoms with van der Waals surface area (Å²) >= 11 is 1.37. The molecule has 0 atom stereocenters. The number of pyridine rings is 1. The van der Waals surface area contributed by atoms with Crippen LogP contribution in [-0.2, 0) is 4.79 Å². The molecule has 4 heteroatoms. The van der Waals surface area contributed by atoms with E-state index in [-0.39, 0.29) is 11.7 Å². The van der Waals surface area contributed by atoms with Crippen molar-refractivity contribution in [3.05, 3.63) is 23.4 Å². The molecule has 1 heterocycles. The lowest BCUT2D eigenvalue weighted by Crippen LogP contribution is -2.13. The van der Waals surface area contributed by atoms with Gasteiger partial charge in [0.25, 0.3) is 0 Å². The van der Waals surface area contributed by atoms with Crippen LogP contribution in [0.5, 0.6) is 0 Å². The van der Waals surface area contributed by atoms with Crippen LogP contribution in [0, 0.1) is 13.8 Å². The van der Waals surface area contributed by atoms with Gasteiger partial charge in [-0.05, 0) is 31.5 Å². The SMILES string of the molecule is Cc1cc(C)nc(SCC(N)=O)c1. The number of primary amides is 1. The second-order valence-corrected chi connectivity index (χ2v) is 3.87. The fraction of sp³-hybridized carbons (Fsp3) is 0.333. The minimum absolute atomic E-state index is 0.288. The second kappa shape index (κ2) is 4.28. The number of nitrogens with two attached hydrogens (primary N) is 1. The Labute approximate surface area is 81.7 Å². The Kier molecular flexibility index (Phi) is 3.31. The number of hydrogen-bond donors (Lipinski definition) is 1. The van der Waals surface area contributed by atoms with Gasteiger partial charge in [0.2, 0.25) is 5.91 Å². The normalized spacial score (nSPS) is 10.0. The molecule has 0 aliphatic carbocycles. The van der Waals surface area contributed by atoms with Gasteiger partial charge in [0, 0.05) is 5.69 Å². The third-order valence-electron chi connectivity index (χ3n) is 1.44. The van der Waals surface area contributed by atoms with E-state index >= 15 is 0 Å². The number of aromatic nitrogens is 1. The van der Waals surface area contributed by atoms with Crippen molar-refractivity contribution in [3.63, 3.8) is 0 Å². The van der Waals surface area contributed by atoms with Gasteiger partial charge in [0.1, 0.15) is 0 Å². The number of hydrogen-bond acceptors (Lipinski definition) is 3. The van der Waals surface area contributed by atoms with Gasteiger partial charge in [0.15, 0.2) is 0 Å². The molecule has 2 N–H and O–H groups in total. The maximum absolute atomic E-state index is 10.5. The van der Waals surface area contributed by atoms with Gasteiger partial charge >= 0.3 is 0 Å². The first-order chi connectivity index (χ1) is 6.08. The number of aryl methyl sites for hydroxylation is 2. The number of rotatable bonds is 3. The first-order valence-corrected chi connectivity index (χ1v) is 4.93. The topological polar surface area (TPSA) is 56.0 Å². The van der Waals surface area contributed by atoms with Crippen molar-refractivity contribution >= 4 is 17.7 Å². The van der Waals surface area contributed by atoms with Gasteiger partial charge in [-0.25, -0.2) is 4.98 Å². The lowest BCUT2D eigenvalue weighted by molar-refractivity contribution is -0.115. The molecule has 0 aliphatic heterocycles. The molecule has 0 radical (unpaired) electrons. The molecule has 0 saturated heterocycles. The average molecular weight is 196 g/mol. The second-order valence-electron chi connectivity index (χ2n) is 2.88. The van der Waals surface area contributed by atoms with Gasteiger partial charge in [-0.2, -0.15) is 0 Å². The van der Waals surface area contributed by atoms with Crippen LogP contribution in [-0.4, -0.2) is 16.6 Å². The highest BCUT2D eigenvalue weighted by Gasteiger charge is 2.00. The first kappa shape index (κ1) is 10.1. The Bertz CT molecular complexity index is 305. The van der Waals surface area contributed by atoms with E-state index in [1.165, 1.54) is 11.8 Å². The van der Waals surface area contributed by atoms with Crippen molar-refractivity contribution in [2.45, 2.75) is 18.9 Å². The van der Waals surface area contributed by atoms with Crippen LogP contribution in [0.15, 0.2) is 17.2 Å². The van der Waals surface area contributed by atoms with E-state index in [9.17, 15) is 4.79 Å². The van der Waals surface area contributed by atoms with E-state index < -0.39 is 0 Å². The molecule has 0 bridgehead atoms. The summed E-state index contributed by atoms with van der Waals surface area (Å²) in [6.45, 7) is 3.93. The van der Waals surface area contributed by atoms with Crippen LogP contribution in [0.4, 0.5) is 0 Å². The number of thioether (sulfide) groups is 1. The smallest absolute Gasteiger partial charge is 0.227 e. The summed E-state index contributed by atoms with van der Waals surface area (Å²) in [5.41, 5.74) is 7.15. The number of carbonyl (C=O) groups excluding carboxylic acids is 1. The highest BCUT2D eigenvalue weighted by atomic mass is 32.2. The highest BCUT2D eigenvalue weighted by Crippen LogP contribution is 2.16. The molecule has 1 aromatic rings. The predicted molar refractivity (Wildman–Crippen MR) is 53.6 cm³/mol. The zero-order chi connectivity index (χ0) is 9.84. The van der Waals surface area contributed by atoms with Gasteiger partial charge < -0.3 is 5.73 Å². The minimum atomic E-state index is -0.314. The molecule has 1 amide bonds. The van der Waals surface area contributed by atoms with E-state index in [0.717, 1.165) is 16.3 Å². The van der Waals surface area contributed by atoms with Crippen molar-refractivity contribution in [2.75, 3.05) is 5.75 Å². The zero-order valence-electron chi connectivity index (χ0n) is 7.70.